The van der Waals surface area contributed by atoms with E-state index >= 15 is 0 Å². The minimum atomic E-state index is -3.51. The highest BCUT2D eigenvalue weighted by Crippen LogP contribution is 2.15. The number of rotatable bonds is 8. The van der Waals surface area contributed by atoms with Gasteiger partial charge in [0.1, 0.15) is 11.3 Å². The molecule has 0 atom stereocenters. The Balaban J connectivity index is 2.71. The van der Waals surface area contributed by atoms with Gasteiger partial charge in [0.2, 0.25) is 15.9 Å². The van der Waals surface area contributed by atoms with Crippen molar-refractivity contribution >= 4 is 21.9 Å². The molecular formula is C15H22N2O6S. The Labute approximate surface area is 141 Å². The third-order valence-corrected chi connectivity index (χ3v) is 3.91. The number of hydrogen-bond acceptors (Lipinski definition) is 5. The summed E-state index contributed by atoms with van der Waals surface area (Å²) < 4.78 is 30.0. The summed E-state index contributed by atoms with van der Waals surface area (Å²) in [5.74, 6) is -1.03. The summed E-state index contributed by atoms with van der Waals surface area (Å²) in [5, 5.41) is 8.55. The number of ether oxygens (including phenoxy) is 1. The van der Waals surface area contributed by atoms with Crippen molar-refractivity contribution in [1.29, 1.82) is 0 Å². The molecule has 1 rings (SSSR count). The Morgan fingerprint density at radius 3 is 2.25 bits per heavy atom. The third-order valence-electron chi connectivity index (χ3n) is 3.03. The number of carbonyl (C=O) groups is 2. The first-order chi connectivity index (χ1) is 10.9. The van der Waals surface area contributed by atoms with Crippen LogP contribution in [-0.2, 0) is 26.2 Å². The minimum Gasteiger partial charge on any atom is -0.482 e. The van der Waals surface area contributed by atoms with Crippen molar-refractivity contribution in [3.63, 3.8) is 0 Å². The molecule has 0 saturated heterocycles. The zero-order valence-corrected chi connectivity index (χ0v) is 14.9. The number of carboxylic acid groups (broad SMARTS) is 1. The molecule has 9 heteroatoms. The number of aliphatic carboxylic acids is 1. The van der Waals surface area contributed by atoms with Crippen LogP contribution in [0.4, 0.5) is 0 Å². The number of nitrogens with zero attached hydrogens (tertiary/aromatic N) is 1. The molecule has 0 aliphatic carbocycles. The summed E-state index contributed by atoms with van der Waals surface area (Å²) in [5.41, 5.74) is -0.462. The van der Waals surface area contributed by atoms with Gasteiger partial charge in [-0.3, -0.25) is 4.79 Å². The van der Waals surface area contributed by atoms with Crippen LogP contribution in [0, 0.1) is 0 Å². The molecule has 1 aromatic rings. The Kier molecular flexibility index (Phi) is 6.33. The Bertz CT molecular complexity index is 697. The van der Waals surface area contributed by atoms with E-state index in [-0.39, 0.29) is 12.5 Å². The number of likely N-dealkylation sites (N-methyl/N-ethyl adjacent to an activating group) is 1. The molecule has 0 aliphatic rings. The van der Waals surface area contributed by atoms with Gasteiger partial charge in [-0.05, 0) is 31.5 Å². The molecule has 0 saturated carbocycles. The van der Waals surface area contributed by atoms with Crippen LogP contribution < -0.4 is 9.46 Å². The summed E-state index contributed by atoms with van der Waals surface area (Å²) in [6, 6.07) is 6.63. The summed E-state index contributed by atoms with van der Waals surface area (Å²) in [4.78, 5) is 24.2. The normalized spacial score (nSPS) is 11.8. The van der Waals surface area contributed by atoms with Gasteiger partial charge in [-0.25, -0.2) is 17.9 Å². The molecule has 0 heterocycles. The number of carbonyl (C=O) groups excluding carboxylic acids is 1. The van der Waals surface area contributed by atoms with Crippen LogP contribution in [0.25, 0.3) is 0 Å². The fraction of sp³-hybridized carbons (Fsp3) is 0.467. The zero-order chi connectivity index (χ0) is 18.5. The number of sulfonamides is 1. The molecule has 2 N–H and O–H groups in total. The van der Waals surface area contributed by atoms with E-state index in [0.717, 1.165) is 11.8 Å². The van der Waals surface area contributed by atoms with Gasteiger partial charge in [-0.15, -0.1) is 0 Å². The lowest BCUT2D eigenvalue weighted by atomic mass is 10.1. The molecule has 0 aliphatic heterocycles. The number of carboxylic acids is 1. The molecule has 0 spiro atoms. The van der Waals surface area contributed by atoms with Crippen LogP contribution in [0.15, 0.2) is 24.3 Å². The topological polar surface area (TPSA) is 113 Å². The van der Waals surface area contributed by atoms with Crippen LogP contribution in [0.1, 0.15) is 19.4 Å². The summed E-state index contributed by atoms with van der Waals surface area (Å²) in [6.07, 6.45) is 0.998. The molecule has 134 valence electrons. The van der Waals surface area contributed by atoms with Crippen molar-refractivity contribution in [3.8, 4) is 5.75 Å². The first-order valence-electron chi connectivity index (χ1n) is 7.09. The fourth-order valence-corrected chi connectivity index (χ4v) is 3.18. The molecule has 0 fully saturated rings. The van der Waals surface area contributed by atoms with E-state index < -0.39 is 28.1 Å². The van der Waals surface area contributed by atoms with Crippen molar-refractivity contribution in [3.05, 3.63) is 29.8 Å². The molecule has 24 heavy (non-hydrogen) atoms. The Hall–Kier alpha value is -2.13. The molecule has 8 nitrogen and oxygen atoms in total. The molecule has 0 radical (unpaired) electrons. The van der Waals surface area contributed by atoms with Crippen LogP contribution >= 0.6 is 0 Å². The van der Waals surface area contributed by atoms with Crippen molar-refractivity contribution in [2.45, 2.75) is 25.9 Å². The molecule has 0 aromatic heterocycles. The van der Waals surface area contributed by atoms with E-state index in [4.69, 9.17) is 9.84 Å². The standard InChI is InChI=1S/C15H22N2O6S/c1-15(2,16-24(4,21)22)14(20)17(3)9-11-5-7-12(8-6-11)23-10-13(18)19/h5-8,16H,9-10H2,1-4H3,(H,18,19). The van der Waals surface area contributed by atoms with E-state index in [1.165, 1.54) is 18.7 Å². The van der Waals surface area contributed by atoms with Crippen molar-refractivity contribution < 1.29 is 27.9 Å². The van der Waals surface area contributed by atoms with Gasteiger partial charge in [0.05, 0.1) is 6.26 Å². The SMILES string of the molecule is CN(Cc1ccc(OCC(=O)O)cc1)C(=O)C(C)(C)NS(C)(=O)=O. The largest absolute Gasteiger partial charge is 0.482 e. The third kappa shape index (κ3) is 6.55. The van der Waals surface area contributed by atoms with E-state index in [0.29, 0.717) is 5.75 Å². The molecule has 0 unspecified atom stereocenters. The number of benzene rings is 1. The highest BCUT2D eigenvalue weighted by molar-refractivity contribution is 7.88. The second kappa shape index (κ2) is 7.63. The highest BCUT2D eigenvalue weighted by atomic mass is 32.2. The molecule has 0 bridgehead atoms. The summed E-state index contributed by atoms with van der Waals surface area (Å²) >= 11 is 0. The molecule has 1 aromatic carbocycles. The highest BCUT2D eigenvalue weighted by Gasteiger charge is 2.33. The van der Waals surface area contributed by atoms with E-state index in [1.54, 1.807) is 31.3 Å². The first-order valence-corrected chi connectivity index (χ1v) is 8.98. The monoisotopic (exact) mass is 358 g/mol. The van der Waals surface area contributed by atoms with E-state index in [9.17, 15) is 18.0 Å². The zero-order valence-electron chi connectivity index (χ0n) is 14.1. The summed E-state index contributed by atoms with van der Waals surface area (Å²) in [6.45, 7) is 2.83. The smallest absolute Gasteiger partial charge is 0.341 e. The Morgan fingerprint density at radius 2 is 1.79 bits per heavy atom. The van der Waals surface area contributed by atoms with Crippen molar-refractivity contribution in [1.82, 2.24) is 9.62 Å². The van der Waals surface area contributed by atoms with Crippen LogP contribution in [0.5, 0.6) is 5.75 Å². The maximum Gasteiger partial charge on any atom is 0.341 e. The Morgan fingerprint density at radius 1 is 1.25 bits per heavy atom. The maximum absolute atomic E-state index is 12.4. The van der Waals surface area contributed by atoms with Gasteiger partial charge in [0.15, 0.2) is 6.61 Å². The van der Waals surface area contributed by atoms with Gasteiger partial charge in [-0.2, -0.15) is 0 Å². The van der Waals surface area contributed by atoms with Crippen molar-refractivity contribution in [2.24, 2.45) is 0 Å². The van der Waals surface area contributed by atoms with Gasteiger partial charge in [0.25, 0.3) is 0 Å². The molecule has 1 amide bonds. The number of hydrogen-bond donors (Lipinski definition) is 2. The van der Waals surface area contributed by atoms with E-state index in [2.05, 4.69) is 4.72 Å². The van der Waals surface area contributed by atoms with Gasteiger partial charge >= 0.3 is 5.97 Å². The number of nitrogens with one attached hydrogen (secondary N) is 1. The van der Waals surface area contributed by atoms with Crippen LogP contribution in [-0.4, -0.2) is 55.7 Å². The lowest BCUT2D eigenvalue weighted by Gasteiger charge is -2.29. The second-order valence-electron chi connectivity index (χ2n) is 5.99. The van der Waals surface area contributed by atoms with Crippen LogP contribution in [0.2, 0.25) is 0 Å². The average molecular weight is 358 g/mol. The predicted octanol–water partition coefficient (Wildman–Crippen LogP) is 0.436. The lowest BCUT2D eigenvalue weighted by molar-refractivity contribution is -0.139. The maximum atomic E-state index is 12.4. The average Bonchev–Trinajstić information content (AvgIpc) is 2.43. The van der Waals surface area contributed by atoms with Gasteiger partial charge in [0, 0.05) is 13.6 Å². The predicted molar refractivity (Wildman–Crippen MR) is 88.1 cm³/mol. The summed E-state index contributed by atoms with van der Waals surface area (Å²) in [7, 11) is -1.94. The van der Waals surface area contributed by atoms with E-state index in [1.807, 2.05) is 0 Å². The van der Waals surface area contributed by atoms with Crippen molar-refractivity contribution in [2.75, 3.05) is 19.9 Å². The first kappa shape index (κ1) is 19.9. The second-order valence-corrected chi connectivity index (χ2v) is 7.74. The fourth-order valence-electron chi connectivity index (χ4n) is 2.17. The van der Waals surface area contributed by atoms with Gasteiger partial charge in [-0.1, -0.05) is 12.1 Å². The molecular weight excluding hydrogens is 336 g/mol. The number of amides is 1. The van der Waals surface area contributed by atoms with Gasteiger partial charge < -0.3 is 14.7 Å². The minimum absolute atomic E-state index is 0.271. The lowest BCUT2D eigenvalue weighted by Crippen LogP contribution is -2.54. The van der Waals surface area contributed by atoms with Crippen LogP contribution in [0.3, 0.4) is 0 Å². The quantitative estimate of drug-likeness (QED) is 0.697.